The first-order valence-electron chi connectivity index (χ1n) is 8.60. The average Bonchev–Trinajstić information content (AvgIpc) is 2.94. The van der Waals surface area contributed by atoms with Crippen molar-refractivity contribution in [3.05, 3.63) is 52.1 Å². The van der Waals surface area contributed by atoms with Crippen LogP contribution in [0.2, 0.25) is 10.0 Å². The maximum atomic E-state index is 13.0. The molecular formula is C18H19Cl2N3O3S. The van der Waals surface area contributed by atoms with Crippen LogP contribution in [0.15, 0.2) is 41.4 Å². The quantitative estimate of drug-likeness (QED) is 0.792. The van der Waals surface area contributed by atoms with Crippen LogP contribution in [-0.2, 0) is 10.0 Å². The van der Waals surface area contributed by atoms with Crippen molar-refractivity contribution in [1.29, 1.82) is 0 Å². The number of rotatable bonds is 4. The molecule has 6 nitrogen and oxygen atoms in total. The van der Waals surface area contributed by atoms with Gasteiger partial charge in [-0.25, -0.2) is 13.4 Å². The summed E-state index contributed by atoms with van der Waals surface area (Å²) < 4.78 is 27.5. The van der Waals surface area contributed by atoms with Crippen molar-refractivity contribution in [2.24, 2.45) is 0 Å². The van der Waals surface area contributed by atoms with Crippen LogP contribution in [0.3, 0.4) is 0 Å². The number of halogens is 2. The summed E-state index contributed by atoms with van der Waals surface area (Å²) in [5.74, 6) is -0.162. The molecule has 9 heteroatoms. The molecule has 1 N–H and O–H groups in total. The second kappa shape index (κ2) is 8.56. The number of carbonyl (C=O) groups is 1. The number of nitrogens with one attached hydrogen (secondary N) is 1. The number of sulfonamides is 1. The molecule has 0 radical (unpaired) electrons. The summed E-state index contributed by atoms with van der Waals surface area (Å²) >= 11 is 11.9. The molecule has 1 amide bonds. The zero-order valence-electron chi connectivity index (χ0n) is 14.5. The predicted molar refractivity (Wildman–Crippen MR) is 106 cm³/mol. The number of aromatic nitrogens is 1. The van der Waals surface area contributed by atoms with Crippen LogP contribution < -0.4 is 5.32 Å². The number of nitrogens with zero attached hydrogens (tertiary/aromatic N) is 2. The first kappa shape index (κ1) is 20.1. The van der Waals surface area contributed by atoms with E-state index in [1.54, 1.807) is 12.1 Å². The van der Waals surface area contributed by atoms with Gasteiger partial charge in [-0.3, -0.25) is 4.79 Å². The number of hydrogen-bond donors (Lipinski definition) is 1. The Morgan fingerprint density at radius 3 is 2.37 bits per heavy atom. The van der Waals surface area contributed by atoms with Crippen LogP contribution in [0.25, 0.3) is 0 Å². The van der Waals surface area contributed by atoms with Crippen LogP contribution in [0, 0.1) is 0 Å². The predicted octanol–water partition coefficient (Wildman–Crippen LogP) is 4.21. The minimum Gasteiger partial charge on any atom is -0.307 e. The van der Waals surface area contributed by atoms with Crippen molar-refractivity contribution in [3.8, 4) is 0 Å². The van der Waals surface area contributed by atoms with Gasteiger partial charge >= 0.3 is 0 Å². The Morgan fingerprint density at radius 2 is 1.74 bits per heavy atom. The Kier molecular flexibility index (Phi) is 6.37. The molecule has 3 rings (SSSR count). The van der Waals surface area contributed by atoms with Crippen molar-refractivity contribution >= 4 is 45.0 Å². The third-order valence-corrected chi connectivity index (χ3v) is 6.95. The molecule has 0 saturated carbocycles. The van der Waals surface area contributed by atoms with Gasteiger partial charge in [0, 0.05) is 24.8 Å². The minimum atomic E-state index is -3.76. The van der Waals surface area contributed by atoms with Crippen LogP contribution >= 0.6 is 23.2 Å². The lowest BCUT2D eigenvalue weighted by Gasteiger charge is -2.21. The lowest BCUT2D eigenvalue weighted by atomic mass is 10.2. The Balaban J connectivity index is 1.87. The molecule has 1 fully saturated rings. The molecule has 2 aromatic rings. The summed E-state index contributed by atoms with van der Waals surface area (Å²) in [6.45, 7) is 0.924. The fourth-order valence-electron chi connectivity index (χ4n) is 2.90. The molecule has 1 aliphatic heterocycles. The number of carbonyl (C=O) groups excluding carboxylic acids is 1. The summed E-state index contributed by atoms with van der Waals surface area (Å²) in [5, 5.41) is 3.16. The molecule has 27 heavy (non-hydrogen) atoms. The van der Waals surface area contributed by atoms with Gasteiger partial charge in [0.15, 0.2) is 0 Å². The smallest absolute Gasteiger partial charge is 0.256 e. The van der Waals surface area contributed by atoms with Gasteiger partial charge in [0.1, 0.15) is 10.7 Å². The van der Waals surface area contributed by atoms with E-state index in [-0.39, 0.29) is 15.5 Å². The van der Waals surface area contributed by atoms with E-state index in [0.717, 1.165) is 25.7 Å². The molecule has 1 saturated heterocycles. The van der Waals surface area contributed by atoms with E-state index in [2.05, 4.69) is 10.3 Å². The number of hydrogen-bond acceptors (Lipinski definition) is 4. The standard InChI is InChI=1S/C18H19Cl2N3O3S/c19-14-6-8-17(21-12-14)22-18(24)13-5-7-15(20)16(11-13)27(25,26)23-9-3-1-2-4-10-23/h5-8,11-12H,1-4,9-10H2,(H,21,22,24). The van der Waals surface area contributed by atoms with Crippen LogP contribution in [0.1, 0.15) is 36.0 Å². The van der Waals surface area contributed by atoms with E-state index in [1.807, 2.05) is 0 Å². The summed E-state index contributed by atoms with van der Waals surface area (Å²) in [6.07, 6.45) is 5.07. The van der Waals surface area contributed by atoms with E-state index in [9.17, 15) is 13.2 Å². The second-order valence-electron chi connectivity index (χ2n) is 6.28. The Hall–Kier alpha value is -1.67. The molecule has 0 bridgehead atoms. The van der Waals surface area contributed by atoms with Crippen molar-refractivity contribution in [1.82, 2.24) is 9.29 Å². The first-order chi connectivity index (χ1) is 12.9. The topological polar surface area (TPSA) is 79.4 Å². The summed E-state index contributed by atoms with van der Waals surface area (Å²) in [6, 6.07) is 7.38. The van der Waals surface area contributed by atoms with E-state index in [4.69, 9.17) is 23.2 Å². The maximum Gasteiger partial charge on any atom is 0.256 e. The van der Waals surface area contributed by atoms with Crippen LogP contribution in [-0.4, -0.2) is 36.7 Å². The van der Waals surface area contributed by atoms with Crippen molar-refractivity contribution in [2.45, 2.75) is 30.6 Å². The van der Waals surface area contributed by atoms with Gasteiger partial charge < -0.3 is 5.32 Å². The van der Waals surface area contributed by atoms with Crippen molar-refractivity contribution in [3.63, 3.8) is 0 Å². The van der Waals surface area contributed by atoms with E-state index < -0.39 is 15.9 Å². The molecule has 0 unspecified atom stereocenters. The van der Waals surface area contributed by atoms with Gasteiger partial charge in [0.05, 0.1) is 10.0 Å². The molecule has 2 heterocycles. The zero-order valence-corrected chi connectivity index (χ0v) is 16.8. The molecular weight excluding hydrogens is 409 g/mol. The fourth-order valence-corrected chi connectivity index (χ4v) is 5.03. The van der Waals surface area contributed by atoms with Crippen LogP contribution in [0.4, 0.5) is 5.82 Å². The highest BCUT2D eigenvalue weighted by Gasteiger charge is 2.28. The summed E-state index contributed by atoms with van der Waals surface area (Å²) in [7, 11) is -3.76. The molecule has 1 aromatic carbocycles. The van der Waals surface area contributed by atoms with E-state index >= 15 is 0 Å². The first-order valence-corrected chi connectivity index (χ1v) is 10.8. The monoisotopic (exact) mass is 427 g/mol. The third kappa shape index (κ3) is 4.79. The summed E-state index contributed by atoms with van der Waals surface area (Å²) in [5.41, 5.74) is 0.185. The van der Waals surface area contributed by atoms with Gasteiger partial charge in [-0.1, -0.05) is 36.0 Å². The van der Waals surface area contributed by atoms with Crippen LogP contribution in [0.5, 0.6) is 0 Å². The second-order valence-corrected chi connectivity index (χ2v) is 9.03. The van der Waals surface area contributed by atoms with Gasteiger partial charge in [0.2, 0.25) is 10.0 Å². The van der Waals surface area contributed by atoms with Gasteiger partial charge in [-0.05, 0) is 43.2 Å². The van der Waals surface area contributed by atoms with E-state index in [1.165, 1.54) is 28.7 Å². The fraction of sp³-hybridized carbons (Fsp3) is 0.333. The molecule has 0 aliphatic carbocycles. The number of anilines is 1. The van der Waals surface area contributed by atoms with Gasteiger partial charge in [-0.2, -0.15) is 4.31 Å². The SMILES string of the molecule is O=C(Nc1ccc(Cl)cn1)c1ccc(Cl)c(S(=O)(=O)N2CCCCCC2)c1. The van der Waals surface area contributed by atoms with Gasteiger partial charge in [-0.15, -0.1) is 0 Å². The Labute approximate surface area is 168 Å². The Morgan fingerprint density at radius 1 is 1.04 bits per heavy atom. The minimum absolute atomic E-state index is 0.0530. The van der Waals surface area contributed by atoms with Crippen molar-refractivity contribution in [2.75, 3.05) is 18.4 Å². The van der Waals surface area contributed by atoms with Gasteiger partial charge in [0.25, 0.3) is 5.91 Å². The molecule has 144 valence electrons. The zero-order chi connectivity index (χ0) is 19.4. The highest BCUT2D eigenvalue weighted by Crippen LogP contribution is 2.28. The number of benzene rings is 1. The lowest BCUT2D eigenvalue weighted by molar-refractivity contribution is 0.102. The normalized spacial score (nSPS) is 15.9. The highest BCUT2D eigenvalue weighted by molar-refractivity contribution is 7.89. The van der Waals surface area contributed by atoms with Crippen molar-refractivity contribution < 1.29 is 13.2 Å². The molecule has 0 spiro atoms. The average molecular weight is 428 g/mol. The number of pyridine rings is 1. The largest absolute Gasteiger partial charge is 0.307 e. The molecule has 0 atom stereocenters. The molecule has 1 aliphatic rings. The maximum absolute atomic E-state index is 13.0. The highest BCUT2D eigenvalue weighted by atomic mass is 35.5. The number of amides is 1. The van der Waals surface area contributed by atoms with E-state index in [0.29, 0.717) is 23.9 Å². The molecule has 1 aromatic heterocycles. The summed E-state index contributed by atoms with van der Waals surface area (Å²) in [4.78, 5) is 16.4. The third-order valence-electron chi connectivity index (χ3n) is 4.35. The Bertz CT molecular complexity index is 925. The lowest BCUT2D eigenvalue weighted by Crippen LogP contribution is -2.32.